The third-order valence-corrected chi connectivity index (χ3v) is 2.14. The molecule has 1 amide bonds. The minimum absolute atomic E-state index is 0.493. The van der Waals surface area contributed by atoms with Gasteiger partial charge in [-0.15, -0.1) is 0 Å². The molecule has 82 valence electrons. The summed E-state index contributed by atoms with van der Waals surface area (Å²) in [5.41, 5.74) is 1.15. The number of benzene rings is 1. The third kappa shape index (κ3) is 4.35. The first-order valence-corrected chi connectivity index (χ1v) is 4.93. The Balaban J connectivity index is 2.25. The van der Waals surface area contributed by atoms with Crippen LogP contribution in [0.1, 0.15) is 6.42 Å². The number of hydrogen-bond donors (Lipinski definition) is 2. The van der Waals surface area contributed by atoms with E-state index in [2.05, 4.69) is 10.2 Å². The van der Waals surface area contributed by atoms with E-state index >= 15 is 0 Å². The highest BCUT2D eigenvalue weighted by molar-refractivity contribution is 5.64. The van der Waals surface area contributed by atoms with E-state index in [-0.39, 0.29) is 0 Å². The van der Waals surface area contributed by atoms with E-state index in [4.69, 9.17) is 5.11 Å². The van der Waals surface area contributed by atoms with Crippen molar-refractivity contribution in [2.24, 2.45) is 0 Å². The van der Waals surface area contributed by atoms with Crippen molar-refractivity contribution in [2.75, 3.05) is 25.0 Å². The van der Waals surface area contributed by atoms with Crippen LogP contribution < -0.4 is 10.2 Å². The number of hydrogen-bond acceptors (Lipinski definition) is 2. The molecule has 0 aliphatic carbocycles. The smallest absolute Gasteiger partial charge is 0.404 e. The van der Waals surface area contributed by atoms with Crippen LogP contribution in [0.4, 0.5) is 10.5 Å². The summed E-state index contributed by atoms with van der Waals surface area (Å²) >= 11 is 0. The molecule has 0 bridgehead atoms. The van der Waals surface area contributed by atoms with E-state index in [1.807, 2.05) is 37.4 Å². The molecular weight excluding hydrogens is 192 g/mol. The highest BCUT2D eigenvalue weighted by atomic mass is 16.4. The number of rotatable bonds is 5. The molecule has 0 aromatic heterocycles. The van der Waals surface area contributed by atoms with Gasteiger partial charge in [-0.2, -0.15) is 0 Å². The van der Waals surface area contributed by atoms with Crippen LogP contribution in [0.3, 0.4) is 0 Å². The van der Waals surface area contributed by atoms with E-state index in [1.165, 1.54) is 0 Å². The van der Waals surface area contributed by atoms with Gasteiger partial charge in [-0.1, -0.05) is 18.2 Å². The third-order valence-electron chi connectivity index (χ3n) is 2.14. The predicted molar refractivity (Wildman–Crippen MR) is 60.4 cm³/mol. The van der Waals surface area contributed by atoms with Crippen molar-refractivity contribution >= 4 is 11.8 Å². The predicted octanol–water partition coefficient (Wildman–Crippen LogP) is 1.78. The Morgan fingerprint density at radius 2 is 2.07 bits per heavy atom. The Kier molecular flexibility index (Phi) is 4.47. The molecule has 0 saturated carbocycles. The minimum atomic E-state index is -0.961. The average molecular weight is 208 g/mol. The number of amides is 1. The van der Waals surface area contributed by atoms with Crippen LogP contribution in [0.5, 0.6) is 0 Å². The van der Waals surface area contributed by atoms with Crippen LogP contribution in [0, 0.1) is 0 Å². The van der Waals surface area contributed by atoms with Gasteiger partial charge in [0.15, 0.2) is 0 Å². The molecule has 0 atom stereocenters. The molecule has 0 heterocycles. The number of carbonyl (C=O) groups is 1. The molecule has 0 fully saturated rings. The lowest BCUT2D eigenvalue weighted by molar-refractivity contribution is 0.194. The van der Waals surface area contributed by atoms with Gasteiger partial charge in [-0.05, 0) is 18.6 Å². The fourth-order valence-electron chi connectivity index (χ4n) is 1.32. The van der Waals surface area contributed by atoms with Gasteiger partial charge in [0.05, 0.1) is 0 Å². The molecular formula is C11H16N2O2. The van der Waals surface area contributed by atoms with E-state index in [0.29, 0.717) is 6.54 Å². The van der Waals surface area contributed by atoms with Crippen molar-refractivity contribution in [3.05, 3.63) is 30.3 Å². The summed E-state index contributed by atoms with van der Waals surface area (Å²) in [6.07, 6.45) is -0.158. The topological polar surface area (TPSA) is 52.6 Å². The van der Waals surface area contributed by atoms with Crippen molar-refractivity contribution in [1.82, 2.24) is 5.32 Å². The number of carboxylic acid groups (broad SMARTS) is 1. The van der Waals surface area contributed by atoms with Gasteiger partial charge < -0.3 is 15.3 Å². The normalized spacial score (nSPS) is 9.67. The zero-order valence-electron chi connectivity index (χ0n) is 8.81. The van der Waals surface area contributed by atoms with Gasteiger partial charge in [0.1, 0.15) is 0 Å². The first kappa shape index (κ1) is 11.4. The van der Waals surface area contributed by atoms with Crippen LogP contribution in [0.25, 0.3) is 0 Å². The van der Waals surface area contributed by atoms with Gasteiger partial charge in [-0.25, -0.2) is 4.79 Å². The Morgan fingerprint density at radius 1 is 1.40 bits per heavy atom. The van der Waals surface area contributed by atoms with Crippen LogP contribution in [-0.4, -0.2) is 31.3 Å². The van der Waals surface area contributed by atoms with E-state index in [9.17, 15) is 4.79 Å². The molecule has 1 rings (SSSR count). The van der Waals surface area contributed by atoms with Crippen molar-refractivity contribution in [3.8, 4) is 0 Å². The van der Waals surface area contributed by atoms with Gasteiger partial charge in [-0.3, -0.25) is 0 Å². The fourth-order valence-corrected chi connectivity index (χ4v) is 1.32. The first-order valence-electron chi connectivity index (χ1n) is 4.93. The largest absolute Gasteiger partial charge is 0.465 e. The Labute approximate surface area is 89.5 Å². The maximum absolute atomic E-state index is 10.2. The van der Waals surface area contributed by atoms with Crippen molar-refractivity contribution in [2.45, 2.75) is 6.42 Å². The summed E-state index contributed by atoms with van der Waals surface area (Å²) in [6, 6.07) is 10.0. The molecule has 15 heavy (non-hydrogen) atoms. The van der Waals surface area contributed by atoms with Crippen LogP contribution >= 0.6 is 0 Å². The maximum Gasteiger partial charge on any atom is 0.404 e. The second kappa shape index (κ2) is 5.90. The van der Waals surface area contributed by atoms with Crippen molar-refractivity contribution in [1.29, 1.82) is 0 Å². The molecule has 1 aromatic carbocycles. The average Bonchev–Trinajstić information content (AvgIpc) is 2.25. The molecule has 0 radical (unpaired) electrons. The van der Waals surface area contributed by atoms with E-state index in [1.54, 1.807) is 0 Å². The van der Waals surface area contributed by atoms with Crippen LogP contribution in [-0.2, 0) is 0 Å². The highest BCUT2D eigenvalue weighted by Gasteiger charge is 1.99. The number of nitrogens with zero attached hydrogens (tertiary/aromatic N) is 1. The maximum atomic E-state index is 10.2. The molecule has 0 aliphatic heterocycles. The molecule has 0 unspecified atom stereocenters. The summed E-state index contributed by atoms with van der Waals surface area (Å²) in [7, 11) is 2.00. The van der Waals surface area contributed by atoms with E-state index in [0.717, 1.165) is 18.7 Å². The first-order chi connectivity index (χ1) is 7.20. The van der Waals surface area contributed by atoms with Gasteiger partial charge in [0.2, 0.25) is 0 Å². The van der Waals surface area contributed by atoms with E-state index < -0.39 is 6.09 Å². The Bertz CT molecular complexity index is 301. The summed E-state index contributed by atoms with van der Waals surface area (Å²) in [6.45, 7) is 1.33. The second-order valence-electron chi connectivity index (χ2n) is 3.34. The number of nitrogens with one attached hydrogen (secondary N) is 1. The molecule has 0 aliphatic rings. The standard InChI is InChI=1S/C11H16N2O2/c1-13(9-5-8-12-11(14)15)10-6-3-2-4-7-10/h2-4,6-7,12H,5,8-9H2,1H3,(H,14,15). The zero-order chi connectivity index (χ0) is 11.1. The molecule has 1 aromatic rings. The van der Waals surface area contributed by atoms with Crippen LogP contribution in [0.2, 0.25) is 0 Å². The Hall–Kier alpha value is -1.71. The summed E-state index contributed by atoms with van der Waals surface area (Å²) in [5.74, 6) is 0. The van der Waals surface area contributed by atoms with Gasteiger partial charge in [0.25, 0.3) is 0 Å². The SMILES string of the molecule is CN(CCCNC(=O)O)c1ccccc1. The summed E-state index contributed by atoms with van der Waals surface area (Å²) in [5, 5.41) is 10.7. The number of para-hydroxylation sites is 1. The van der Waals surface area contributed by atoms with Gasteiger partial charge >= 0.3 is 6.09 Å². The second-order valence-corrected chi connectivity index (χ2v) is 3.34. The molecule has 4 heteroatoms. The minimum Gasteiger partial charge on any atom is -0.465 e. The zero-order valence-corrected chi connectivity index (χ0v) is 8.81. The fraction of sp³-hybridized carbons (Fsp3) is 0.364. The molecule has 2 N–H and O–H groups in total. The van der Waals surface area contributed by atoms with Crippen LogP contribution in [0.15, 0.2) is 30.3 Å². The lowest BCUT2D eigenvalue weighted by atomic mass is 10.3. The lowest BCUT2D eigenvalue weighted by Gasteiger charge is -2.18. The highest BCUT2D eigenvalue weighted by Crippen LogP contribution is 2.10. The molecule has 0 saturated heterocycles. The van der Waals surface area contributed by atoms with Crippen molar-refractivity contribution in [3.63, 3.8) is 0 Å². The quantitative estimate of drug-likeness (QED) is 0.725. The monoisotopic (exact) mass is 208 g/mol. The van der Waals surface area contributed by atoms with Crippen molar-refractivity contribution < 1.29 is 9.90 Å². The Morgan fingerprint density at radius 3 is 2.67 bits per heavy atom. The molecule has 4 nitrogen and oxygen atoms in total. The lowest BCUT2D eigenvalue weighted by Crippen LogP contribution is -2.26. The summed E-state index contributed by atoms with van der Waals surface area (Å²) in [4.78, 5) is 12.3. The van der Waals surface area contributed by atoms with Gasteiger partial charge in [0, 0.05) is 25.8 Å². The number of anilines is 1. The molecule has 0 spiro atoms. The summed E-state index contributed by atoms with van der Waals surface area (Å²) < 4.78 is 0.